The van der Waals surface area contributed by atoms with Gasteiger partial charge in [0, 0.05) is 7.11 Å². The van der Waals surface area contributed by atoms with Gasteiger partial charge in [-0.15, -0.1) is 0 Å². The number of halogens is 4. The zero-order chi connectivity index (χ0) is 8.20. The summed E-state index contributed by atoms with van der Waals surface area (Å²) in [4.78, 5) is 0. The number of alkyl halides is 4. The van der Waals surface area contributed by atoms with Gasteiger partial charge in [0.1, 0.15) is 0 Å². The molecule has 0 amide bonds. The average molecular weight is 228 g/mol. The van der Waals surface area contributed by atoms with E-state index in [2.05, 4.69) is 4.74 Å². The van der Waals surface area contributed by atoms with Crippen LogP contribution in [0.4, 0.5) is 0 Å². The quantitative estimate of drug-likeness (QED) is 0.545. The van der Waals surface area contributed by atoms with Crippen LogP contribution in [0.3, 0.4) is 0 Å². The Hall–Kier alpha value is 1.08. The molecule has 1 unspecified atom stereocenters. The summed E-state index contributed by atoms with van der Waals surface area (Å²) in [6.07, 6.45) is 0. The lowest BCUT2D eigenvalue weighted by atomic mass is 10.8. The van der Waals surface area contributed by atoms with Crippen molar-refractivity contribution in [1.29, 1.82) is 0 Å². The van der Waals surface area contributed by atoms with Crippen molar-refractivity contribution in [3.8, 4) is 0 Å². The van der Waals surface area contributed by atoms with Crippen LogP contribution in [0.5, 0.6) is 0 Å². The van der Waals surface area contributed by atoms with Gasteiger partial charge in [-0.25, -0.2) is 0 Å². The molecule has 0 aromatic heterocycles. The molecule has 0 saturated carbocycles. The monoisotopic (exact) mass is 226 g/mol. The maximum atomic E-state index is 5.35. The topological polar surface area (TPSA) is 18.5 Å². The van der Waals surface area contributed by atoms with Crippen LogP contribution in [0, 0.1) is 0 Å². The van der Waals surface area contributed by atoms with Crippen molar-refractivity contribution in [3.05, 3.63) is 0 Å². The fourth-order valence-electron chi connectivity index (χ4n) is 0.228. The van der Waals surface area contributed by atoms with Gasteiger partial charge in [-0.05, 0) is 0 Å². The molecule has 0 aliphatic heterocycles. The Morgan fingerprint density at radius 1 is 1.40 bits per heavy atom. The third-order valence-electron chi connectivity index (χ3n) is 0.563. The van der Waals surface area contributed by atoms with E-state index in [4.69, 9.17) is 51.1 Å². The number of hydrogen-bond acceptors (Lipinski definition) is 2. The molecule has 2 nitrogen and oxygen atoms in total. The number of rotatable bonds is 3. The Balaban J connectivity index is 3.36. The highest BCUT2D eigenvalue weighted by Crippen LogP contribution is 2.26. The van der Waals surface area contributed by atoms with Crippen LogP contribution >= 0.6 is 46.4 Å². The van der Waals surface area contributed by atoms with Gasteiger partial charge in [-0.3, -0.25) is 0 Å². The summed E-state index contributed by atoms with van der Waals surface area (Å²) in [7, 11) is 1.38. The van der Waals surface area contributed by atoms with Crippen molar-refractivity contribution in [2.75, 3.05) is 13.7 Å². The summed E-state index contributed by atoms with van der Waals surface area (Å²) >= 11 is 21.3. The Morgan fingerprint density at radius 2 is 1.90 bits per heavy atom. The first-order chi connectivity index (χ1) is 4.45. The molecule has 6 heteroatoms. The summed E-state index contributed by atoms with van der Waals surface area (Å²) in [5.74, 6) is -0.865. The normalized spacial score (nSPS) is 15.3. The fourth-order valence-corrected chi connectivity index (χ4v) is 0.480. The highest BCUT2D eigenvalue weighted by Gasteiger charge is 2.21. The van der Waals surface area contributed by atoms with Gasteiger partial charge in [-0.2, -0.15) is 0 Å². The van der Waals surface area contributed by atoms with Gasteiger partial charge >= 0.3 is 0 Å². The third-order valence-corrected chi connectivity index (χ3v) is 1.19. The Labute approximate surface area is 79.3 Å². The second-order valence-corrected chi connectivity index (χ2v) is 4.31. The van der Waals surface area contributed by atoms with Gasteiger partial charge in [0.25, 0.3) is 0 Å². The van der Waals surface area contributed by atoms with Gasteiger partial charge in [0.05, 0.1) is 6.61 Å². The molecule has 0 aromatic carbocycles. The zero-order valence-corrected chi connectivity index (χ0v) is 8.14. The van der Waals surface area contributed by atoms with Crippen LogP contribution in [0.25, 0.3) is 0 Å². The first-order valence-corrected chi connectivity index (χ1v) is 3.88. The van der Waals surface area contributed by atoms with Gasteiger partial charge in [0.2, 0.25) is 9.54 Å². The molecule has 0 heterocycles. The average Bonchev–Trinajstić information content (AvgIpc) is 1.81. The van der Waals surface area contributed by atoms with Crippen molar-refractivity contribution >= 4 is 46.4 Å². The molecule has 0 N–H and O–H groups in total. The first kappa shape index (κ1) is 11.1. The first-order valence-electron chi connectivity index (χ1n) is 2.31. The standard InChI is InChI=1S/C4H6Cl4O2/c1-9-3(5)10-2-4(6,7)8/h3H,2H2,1H3. The molecule has 0 aliphatic carbocycles. The highest BCUT2D eigenvalue weighted by atomic mass is 35.6. The van der Waals surface area contributed by atoms with Crippen LogP contribution in [-0.2, 0) is 9.47 Å². The van der Waals surface area contributed by atoms with E-state index in [9.17, 15) is 0 Å². The smallest absolute Gasteiger partial charge is 0.237 e. The van der Waals surface area contributed by atoms with E-state index in [1.807, 2.05) is 0 Å². The van der Waals surface area contributed by atoms with E-state index in [-0.39, 0.29) is 6.61 Å². The molecule has 0 fully saturated rings. The summed E-state index contributed by atoms with van der Waals surface area (Å²) in [6.45, 7) is -0.0975. The summed E-state index contributed by atoms with van der Waals surface area (Å²) in [6, 6.07) is 0. The zero-order valence-electron chi connectivity index (χ0n) is 5.11. The predicted molar refractivity (Wildman–Crippen MR) is 42.9 cm³/mol. The lowest BCUT2D eigenvalue weighted by Gasteiger charge is -2.13. The van der Waals surface area contributed by atoms with E-state index >= 15 is 0 Å². The molecule has 0 aromatic rings. The van der Waals surface area contributed by atoms with Crippen LogP contribution < -0.4 is 0 Å². The van der Waals surface area contributed by atoms with Crippen LogP contribution in [0.15, 0.2) is 0 Å². The fraction of sp³-hybridized carbons (Fsp3) is 1.00. The molecular weight excluding hydrogens is 222 g/mol. The van der Waals surface area contributed by atoms with E-state index in [1.165, 1.54) is 7.11 Å². The van der Waals surface area contributed by atoms with Gasteiger partial charge in [0.15, 0.2) is 0 Å². The molecule has 1 atom stereocenters. The minimum atomic E-state index is -1.44. The third kappa shape index (κ3) is 7.19. The lowest BCUT2D eigenvalue weighted by Crippen LogP contribution is -2.18. The highest BCUT2D eigenvalue weighted by molar-refractivity contribution is 6.67. The summed E-state index contributed by atoms with van der Waals surface area (Å²) < 4.78 is 7.78. The molecule has 0 spiro atoms. The van der Waals surface area contributed by atoms with Crippen molar-refractivity contribution < 1.29 is 9.47 Å². The maximum Gasteiger partial charge on any atom is 0.237 e. The number of methoxy groups -OCH3 is 1. The molecule has 10 heavy (non-hydrogen) atoms. The van der Waals surface area contributed by atoms with Crippen molar-refractivity contribution in [1.82, 2.24) is 0 Å². The minimum absolute atomic E-state index is 0.0975. The number of hydrogen-bond donors (Lipinski definition) is 0. The van der Waals surface area contributed by atoms with Crippen LogP contribution in [0.2, 0.25) is 0 Å². The maximum absolute atomic E-state index is 5.35. The molecular formula is C4H6Cl4O2. The van der Waals surface area contributed by atoms with E-state index < -0.39 is 9.54 Å². The van der Waals surface area contributed by atoms with E-state index in [0.29, 0.717) is 0 Å². The van der Waals surface area contributed by atoms with Gasteiger partial charge < -0.3 is 9.47 Å². The molecule has 0 rings (SSSR count). The van der Waals surface area contributed by atoms with E-state index in [0.717, 1.165) is 0 Å². The van der Waals surface area contributed by atoms with Crippen molar-refractivity contribution in [3.63, 3.8) is 0 Å². The Kier molecular flexibility index (Phi) is 5.38. The van der Waals surface area contributed by atoms with Crippen molar-refractivity contribution in [2.45, 2.75) is 9.54 Å². The minimum Gasteiger partial charge on any atom is -0.343 e. The molecule has 0 saturated heterocycles. The SMILES string of the molecule is COC(Cl)OCC(Cl)(Cl)Cl. The Bertz CT molecular complexity index is 91.7. The lowest BCUT2D eigenvalue weighted by molar-refractivity contribution is -0.0642. The molecule has 0 aliphatic rings. The van der Waals surface area contributed by atoms with Gasteiger partial charge in [-0.1, -0.05) is 46.4 Å². The molecule has 62 valence electrons. The summed E-state index contributed by atoms with van der Waals surface area (Å²) in [5.41, 5.74) is 0. The van der Waals surface area contributed by atoms with E-state index in [1.54, 1.807) is 0 Å². The second kappa shape index (κ2) is 4.86. The van der Waals surface area contributed by atoms with Crippen LogP contribution in [-0.4, -0.2) is 23.3 Å². The van der Waals surface area contributed by atoms with Crippen LogP contribution in [0.1, 0.15) is 0 Å². The second-order valence-electron chi connectivity index (χ2n) is 1.44. The molecule has 0 bridgehead atoms. The molecule has 0 radical (unpaired) electrons. The summed E-state index contributed by atoms with van der Waals surface area (Å²) in [5, 5.41) is 0. The number of ether oxygens (including phenoxy) is 2. The Morgan fingerprint density at radius 3 is 2.20 bits per heavy atom. The van der Waals surface area contributed by atoms with Crippen molar-refractivity contribution in [2.24, 2.45) is 0 Å². The predicted octanol–water partition coefficient (Wildman–Crippen LogP) is 2.54. The largest absolute Gasteiger partial charge is 0.343 e.